The van der Waals surface area contributed by atoms with Crippen LogP contribution in [0.25, 0.3) is 16.7 Å². The van der Waals surface area contributed by atoms with E-state index in [1.165, 1.54) is 0 Å². The maximum absolute atomic E-state index is 13.8. The number of terminal acetylenes is 1. The van der Waals surface area contributed by atoms with E-state index in [1.54, 1.807) is 0 Å². The zero-order valence-electron chi connectivity index (χ0n) is 16.5. The first kappa shape index (κ1) is 19.2. The molecular formula is C28H20O2. The fourth-order valence-electron chi connectivity index (χ4n) is 3.74. The number of benzene rings is 3. The number of ether oxygens (including phenoxy) is 1. The van der Waals surface area contributed by atoms with Gasteiger partial charge in [-0.1, -0.05) is 103 Å². The summed E-state index contributed by atoms with van der Waals surface area (Å²) in [6.45, 7) is 4.09. The van der Waals surface area contributed by atoms with E-state index in [2.05, 4.69) is 12.5 Å². The zero-order valence-corrected chi connectivity index (χ0v) is 16.5. The molecule has 3 aromatic rings. The van der Waals surface area contributed by atoms with Crippen molar-refractivity contribution in [3.8, 4) is 12.3 Å². The monoisotopic (exact) mass is 388 g/mol. The van der Waals surface area contributed by atoms with Crippen molar-refractivity contribution in [2.75, 3.05) is 6.61 Å². The third kappa shape index (κ3) is 3.50. The van der Waals surface area contributed by atoms with Crippen molar-refractivity contribution in [2.45, 2.75) is 0 Å². The summed E-state index contributed by atoms with van der Waals surface area (Å²) in [6.07, 6.45) is 5.37. The molecule has 0 radical (unpaired) electrons. The van der Waals surface area contributed by atoms with Crippen LogP contribution in [0.1, 0.15) is 16.7 Å². The van der Waals surface area contributed by atoms with Crippen LogP contribution < -0.4 is 0 Å². The molecule has 2 heteroatoms. The van der Waals surface area contributed by atoms with Crippen LogP contribution in [0.15, 0.2) is 109 Å². The molecule has 0 unspecified atom stereocenters. The molecule has 0 heterocycles. The number of carbonyl (C=O) groups is 1. The van der Waals surface area contributed by atoms with E-state index in [9.17, 15) is 4.79 Å². The molecule has 0 saturated heterocycles. The Hall–Kier alpha value is -4.09. The van der Waals surface area contributed by atoms with Gasteiger partial charge in [-0.25, -0.2) is 0 Å². The van der Waals surface area contributed by atoms with Gasteiger partial charge in [0.2, 0.25) is 0 Å². The van der Waals surface area contributed by atoms with E-state index in [0.717, 1.165) is 27.8 Å². The van der Waals surface area contributed by atoms with E-state index in [0.29, 0.717) is 11.1 Å². The molecule has 3 aromatic carbocycles. The van der Waals surface area contributed by atoms with E-state index >= 15 is 0 Å². The van der Waals surface area contributed by atoms with Gasteiger partial charge < -0.3 is 4.74 Å². The van der Waals surface area contributed by atoms with Crippen LogP contribution in [0.2, 0.25) is 0 Å². The van der Waals surface area contributed by atoms with Gasteiger partial charge in [-0.05, 0) is 16.7 Å². The molecule has 144 valence electrons. The Bertz CT molecular complexity index is 1190. The van der Waals surface area contributed by atoms with Crippen molar-refractivity contribution in [2.24, 2.45) is 0 Å². The van der Waals surface area contributed by atoms with Gasteiger partial charge in [-0.15, -0.1) is 6.42 Å². The number of allylic oxidation sites excluding steroid dienone is 4. The fourth-order valence-corrected chi connectivity index (χ4v) is 3.74. The van der Waals surface area contributed by atoms with Gasteiger partial charge >= 0.3 is 0 Å². The summed E-state index contributed by atoms with van der Waals surface area (Å²) in [4.78, 5) is 13.8. The number of carbonyl (C=O) groups excluding carboxylic acids is 1. The lowest BCUT2D eigenvalue weighted by Gasteiger charge is -2.14. The minimum absolute atomic E-state index is 0.0546. The Morgan fingerprint density at radius 1 is 0.733 bits per heavy atom. The van der Waals surface area contributed by atoms with Crippen LogP contribution in [-0.2, 0) is 9.53 Å². The fraction of sp³-hybridized carbons (Fsp3) is 0.0357. The molecule has 0 atom stereocenters. The Labute approximate surface area is 176 Å². The largest absolute Gasteiger partial charge is 0.481 e. The molecule has 2 nitrogen and oxygen atoms in total. The highest BCUT2D eigenvalue weighted by Gasteiger charge is 2.36. The third-order valence-corrected chi connectivity index (χ3v) is 5.00. The van der Waals surface area contributed by atoms with Crippen molar-refractivity contribution in [3.05, 3.63) is 126 Å². The average Bonchev–Trinajstić information content (AvgIpc) is 3.12. The second-order valence-electron chi connectivity index (χ2n) is 6.84. The third-order valence-electron chi connectivity index (χ3n) is 5.00. The number of hydrogen-bond acceptors (Lipinski definition) is 2. The highest BCUT2D eigenvalue weighted by atomic mass is 16.5. The van der Waals surface area contributed by atoms with Crippen LogP contribution in [0.5, 0.6) is 0 Å². The molecular weight excluding hydrogens is 368 g/mol. The summed E-state index contributed by atoms with van der Waals surface area (Å²) in [5.74, 6) is 2.62. The molecule has 0 fully saturated rings. The zero-order chi connectivity index (χ0) is 20.9. The SMILES string of the molecule is C#CCOC(=C)C1=C(c2ccccc2)C(c2ccccc2)=C(c2ccccc2)C1=O. The first-order valence-electron chi connectivity index (χ1n) is 9.67. The van der Waals surface area contributed by atoms with Crippen molar-refractivity contribution in [3.63, 3.8) is 0 Å². The normalized spacial score (nSPS) is 13.4. The van der Waals surface area contributed by atoms with Crippen LogP contribution in [0, 0.1) is 12.3 Å². The standard InChI is InChI=1S/C28H20O2/c1-3-19-30-20(2)24-25(21-13-7-4-8-14-21)26(22-15-9-5-10-16-22)27(28(24)29)23-17-11-6-12-18-23/h1,4-18H,2,19H2. The summed E-state index contributed by atoms with van der Waals surface area (Å²) >= 11 is 0. The Morgan fingerprint density at radius 3 is 1.63 bits per heavy atom. The van der Waals surface area contributed by atoms with Gasteiger partial charge in [-0.2, -0.15) is 0 Å². The highest BCUT2D eigenvalue weighted by Crippen LogP contribution is 2.48. The topological polar surface area (TPSA) is 26.3 Å². The summed E-state index contributed by atoms with van der Waals surface area (Å²) in [7, 11) is 0. The van der Waals surface area contributed by atoms with Crippen LogP contribution >= 0.6 is 0 Å². The van der Waals surface area contributed by atoms with Crippen LogP contribution in [0.3, 0.4) is 0 Å². The van der Waals surface area contributed by atoms with Gasteiger partial charge in [0.15, 0.2) is 5.78 Å². The van der Waals surface area contributed by atoms with Crippen molar-refractivity contribution in [1.82, 2.24) is 0 Å². The molecule has 0 N–H and O–H groups in total. The number of ketones is 1. The smallest absolute Gasteiger partial charge is 0.198 e. The van der Waals surface area contributed by atoms with Crippen molar-refractivity contribution < 1.29 is 9.53 Å². The van der Waals surface area contributed by atoms with Gasteiger partial charge in [0.1, 0.15) is 12.4 Å². The van der Waals surface area contributed by atoms with Crippen molar-refractivity contribution in [1.29, 1.82) is 0 Å². The van der Waals surface area contributed by atoms with E-state index in [4.69, 9.17) is 11.2 Å². The number of Topliss-reactive ketones (excluding diaryl/α,β-unsaturated/α-hetero) is 1. The summed E-state index contributed by atoms with van der Waals surface area (Å²) in [5, 5.41) is 0. The molecule has 0 bridgehead atoms. The minimum atomic E-state index is -0.110. The van der Waals surface area contributed by atoms with Crippen LogP contribution in [-0.4, -0.2) is 12.4 Å². The van der Waals surface area contributed by atoms with E-state index in [1.807, 2.05) is 91.0 Å². The predicted octanol–water partition coefficient (Wildman–Crippen LogP) is 5.80. The Balaban J connectivity index is 2.03. The molecule has 0 aliphatic heterocycles. The van der Waals surface area contributed by atoms with Crippen LogP contribution in [0.4, 0.5) is 0 Å². The Kier molecular flexibility index (Phi) is 5.46. The van der Waals surface area contributed by atoms with Gasteiger partial charge in [-0.3, -0.25) is 4.79 Å². The molecule has 1 aliphatic carbocycles. The van der Waals surface area contributed by atoms with Crippen molar-refractivity contribution >= 4 is 22.5 Å². The lowest BCUT2D eigenvalue weighted by Crippen LogP contribution is -2.07. The number of rotatable bonds is 6. The number of hydrogen-bond donors (Lipinski definition) is 0. The Morgan fingerprint density at radius 2 is 1.17 bits per heavy atom. The molecule has 4 rings (SSSR count). The lowest BCUT2D eigenvalue weighted by molar-refractivity contribution is -0.110. The maximum atomic E-state index is 13.8. The second-order valence-corrected chi connectivity index (χ2v) is 6.84. The molecule has 0 aromatic heterocycles. The molecule has 0 saturated carbocycles. The highest BCUT2D eigenvalue weighted by molar-refractivity contribution is 6.48. The summed E-state index contributed by atoms with van der Waals surface area (Å²) in [6, 6.07) is 29.5. The first-order valence-corrected chi connectivity index (χ1v) is 9.67. The summed E-state index contributed by atoms with van der Waals surface area (Å²) < 4.78 is 5.63. The average molecular weight is 388 g/mol. The van der Waals surface area contributed by atoms with Gasteiger partial charge in [0, 0.05) is 16.7 Å². The summed E-state index contributed by atoms with van der Waals surface area (Å²) in [5.41, 5.74) is 5.52. The van der Waals surface area contributed by atoms with E-state index in [-0.39, 0.29) is 18.1 Å². The van der Waals surface area contributed by atoms with Gasteiger partial charge in [0.25, 0.3) is 0 Å². The molecule has 0 amide bonds. The second kappa shape index (κ2) is 8.51. The van der Waals surface area contributed by atoms with Gasteiger partial charge in [0.05, 0.1) is 5.57 Å². The molecule has 1 aliphatic rings. The molecule has 30 heavy (non-hydrogen) atoms. The first-order chi connectivity index (χ1) is 14.7. The quantitative estimate of drug-likeness (QED) is 0.394. The minimum Gasteiger partial charge on any atom is -0.481 e. The predicted molar refractivity (Wildman–Crippen MR) is 122 cm³/mol. The van der Waals surface area contributed by atoms with E-state index < -0.39 is 0 Å². The molecule has 0 spiro atoms. The lowest BCUT2D eigenvalue weighted by atomic mass is 9.90. The maximum Gasteiger partial charge on any atom is 0.198 e.